The second-order valence-electron chi connectivity index (χ2n) is 4.52. The van der Waals surface area contributed by atoms with Gasteiger partial charge in [-0.1, -0.05) is 13.0 Å². The van der Waals surface area contributed by atoms with Gasteiger partial charge in [-0.3, -0.25) is 0 Å². The molecule has 0 radical (unpaired) electrons. The van der Waals surface area contributed by atoms with E-state index in [-0.39, 0.29) is 6.03 Å². The summed E-state index contributed by atoms with van der Waals surface area (Å²) >= 11 is 0. The molecule has 0 spiro atoms. The monoisotopic (exact) mass is 242 g/mol. The zero-order valence-corrected chi connectivity index (χ0v) is 10.6. The lowest BCUT2D eigenvalue weighted by Crippen LogP contribution is -2.39. The minimum atomic E-state index is -0.487. The van der Waals surface area contributed by atoms with E-state index in [0.717, 1.165) is 6.42 Å². The predicted molar refractivity (Wildman–Crippen MR) is 65.7 cm³/mol. The van der Waals surface area contributed by atoms with Crippen molar-refractivity contribution < 1.29 is 14.3 Å². The Morgan fingerprint density at radius 2 is 2.12 bits per heavy atom. The number of urea groups is 1. The molecule has 1 atom stereocenters. The smallest absolute Gasteiger partial charge is 0.315 e. The predicted octanol–water partition coefficient (Wildman–Crippen LogP) is 1.26. The highest BCUT2D eigenvalue weighted by molar-refractivity contribution is 5.73. The summed E-state index contributed by atoms with van der Waals surface area (Å²) < 4.78 is 11.0. The van der Waals surface area contributed by atoms with Crippen LogP contribution in [0.25, 0.3) is 0 Å². The normalized spacial score (nSPS) is 19.6. The Bertz CT molecular complexity index is 262. The third kappa shape index (κ3) is 5.19. The maximum atomic E-state index is 11.3. The number of amides is 2. The molecule has 0 aromatic rings. The molecule has 2 N–H and O–H groups in total. The Balaban J connectivity index is 2.18. The Kier molecular flexibility index (Phi) is 5.44. The van der Waals surface area contributed by atoms with Gasteiger partial charge in [0.25, 0.3) is 0 Å². The summed E-state index contributed by atoms with van der Waals surface area (Å²) in [6.45, 7) is 9.91. The second-order valence-corrected chi connectivity index (χ2v) is 4.52. The molecule has 0 aromatic carbocycles. The van der Waals surface area contributed by atoms with Crippen LogP contribution >= 0.6 is 0 Å². The van der Waals surface area contributed by atoms with E-state index in [1.54, 1.807) is 6.08 Å². The summed E-state index contributed by atoms with van der Waals surface area (Å²) in [4.78, 5) is 11.3. The van der Waals surface area contributed by atoms with Crippen molar-refractivity contribution in [1.29, 1.82) is 0 Å². The molecule has 1 saturated heterocycles. The number of ether oxygens (including phenoxy) is 2. The third-order valence-electron chi connectivity index (χ3n) is 2.64. The van der Waals surface area contributed by atoms with Crippen LogP contribution in [0.15, 0.2) is 12.7 Å². The number of carbonyl (C=O) groups is 1. The van der Waals surface area contributed by atoms with Gasteiger partial charge in [0, 0.05) is 19.5 Å². The molecule has 0 saturated carbocycles. The van der Waals surface area contributed by atoms with Crippen molar-refractivity contribution in [3.63, 3.8) is 0 Å². The zero-order chi connectivity index (χ0) is 12.7. The molecule has 1 fully saturated rings. The molecule has 1 aliphatic rings. The molecular formula is C12H22N2O3. The fourth-order valence-electron chi connectivity index (χ4n) is 1.87. The van der Waals surface area contributed by atoms with Gasteiger partial charge in [-0.05, 0) is 12.8 Å². The molecule has 0 bridgehead atoms. The fourth-order valence-corrected chi connectivity index (χ4v) is 1.87. The minimum absolute atomic E-state index is 0.171. The van der Waals surface area contributed by atoms with Gasteiger partial charge in [0.15, 0.2) is 5.79 Å². The van der Waals surface area contributed by atoms with Gasteiger partial charge in [-0.15, -0.1) is 6.58 Å². The van der Waals surface area contributed by atoms with Crippen molar-refractivity contribution in [2.45, 2.75) is 26.1 Å². The van der Waals surface area contributed by atoms with E-state index in [0.29, 0.717) is 32.2 Å². The standard InChI is InChI=1S/C12H22N2O3/c1-4-5-13-11(15)14-9-10(2)8-12(3)16-6-7-17-12/h4,10H,1,5-9H2,2-3H3,(H2,13,14,15)/t10-/m0/s1. The van der Waals surface area contributed by atoms with Crippen LogP contribution in [-0.2, 0) is 9.47 Å². The first kappa shape index (κ1) is 14.0. The van der Waals surface area contributed by atoms with Gasteiger partial charge >= 0.3 is 6.03 Å². The highest BCUT2D eigenvalue weighted by Crippen LogP contribution is 2.26. The third-order valence-corrected chi connectivity index (χ3v) is 2.64. The summed E-state index contributed by atoms with van der Waals surface area (Å²) in [7, 11) is 0. The molecule has 2 amide bonds. The molecule has 0 aliphatic carbocycles. The zero-order valence-electron chi connectivity index (χ0n) is 10.6. The summed E-state index contributed by atoms with van der Waals surface area (Å²) in [6.07, 6.45) is 2.42. The van der Waals surface area contributed by atoms with Gasteiger partial charge in [-0.2, -0.15) is 0 Å². The van der Waals surface area contributed by atoms with Crippen LogP contribution in [0.5, 0.6) is 0 Å². The summed E-state index contributed by atoms with van der Waals surface area (Å²) in [5, 5.41) is 5.46. The van der Waals surface area contributed by atoms with Crippen molar-refractivity contribution >= 4 is 6.03 Å². The minimum Gasteiger partial charge on any atom is -0.348 e. The number of rotatable bonds is 6. The van der Waals surface area contributed by atoms with Crippen LogP contribution in [0.3, 0.4) is 0 Å². The van der Waals surface area contributed by atoms with E-state index < -0.39 is 5.79 Å². The first-order valence-corrected chi connectivity index (χ1v) is 5.96. The van der Waals surface area contributed by atoms with Crippen molar-refractivity contribution in [1.82, 2.24) is 10.6 Å². The quantitative estimate of drug-likeness (QED) is 0.689. The van der Waals surface area contributed by atoms with Crippen molar-refractivity contribution in [3.05, 3.63) is 12.7 Å². The van der Waals surface area contributed by atoms with Crippen LogP contribution in [-0.4, -0.2) is 38.1 Å². The van der Waals surface area contributed by atoms with Crippen LogP contribution in [0.1, 0.15) is 20.3 Å². The highest BCUT2D eigenvalue weighted by atomic mass is 16.7. The van der Waals surface area contributed by atoms with Gasteiger partial charge in [0.05, 0.1) is 13.2 Å². The largest absolute Gasteiger partial charge is 0.348 e. The van der Waals surface area contributed by atoms with Crippen molar-refractivity contribution in [2.24, 2.45) is 5.92 Å². The lowest BCUT2D eigenvalue weighted by atomic mass is 10.0. The first-order chi connectivity index (χ1) is 8.06. The Labute approximate surface area is 103 Å². The molecule has 5 nitrogen and oxygen atoms in total. The Hall–Kier alpha value is -1.07. The molecule has 0 unspecified atom stereocenters. The average Bonchev–Trinajstić information content (AvgIpc) is 2.70. The van der Waals surface area contributed by atoms with Crippen LogP contribution < -0.4 is 10.6 Å². The lowest BCUT2D eigenvalue weighted by molar-refractivity contribution is -0.153. The van der Waals surface area contributed by atoms with Gasteiger partial charge in [0.2, 0.25) is 0 Å². The first-order valence-electron chi connectivity index (χ1n) is 5.96. The topological polar surface area (TPSA) is 59.6 Å². The van der Waals surface area contributed by atoms with Gasteiger partial charge in [-0.25, -0.2) is 4.79 Å². The van der Waals surface area contributed by atoms with Crippen LogP contribution in [0.2, 0.25) is 0 Å². The maximum Gasteiger partial charge on any atom is 0.315 e. The molecule has 1 aliphatic heterocycles. The van der Waals surface area contributed by atoms with Gasteiger partial charge in [0.1, 0.15) is 0 Å². The Morgan fingerprint density at radius 1 is 1.47 bits per heavy atom. The number of hydrogen-bond acceptors (Lipinski definition) is 3. The van der Waals surface area contributed by atoms with Crippen LogP contribution in [0, 0.1) is 5.92 Å². The SMILES string of the molecule is C=CCNC(=O)NC[C@@H](C)CC1(C)OCCO1. The Morgan fingerprint density at radius 3 is 2.71 bits per heavy atom. The molecule has 17 heavy (non-hydrogen) atoms. The maximum absolute atomic E-state index is 11.3. The van der Waals surface area contributed by atoms with Crippen LogP contribution in [0.4, 0.5) is 4.79 Å². The molecule has 5 heteroatoms. The fraction of sp³-hybridized carbons (Fsp3) is 0.750. The lowest BCUT2D eigenvalue weighted by Gasteiger charge is -2.26. The molecular weight excluding hydrogens is 220 g/mol. The molecule has 1 rings (SSSR count). The molecule has 0 aromatic heterocycles. The van der Waals surface area contributed by atoms with E-state index in [1.807, 2.05) is 6.92 Å². The van der Waals surface area contributed by atoms with E-state index in [9.17, 15) is 4.79 Å². The molecule has 1 heterocycles. The van der Waals surface area contributed by atoms with E-state index in [2.05, 4.69) is 24.1 Å². The van der Waals surface area contributed by atoms with Crippen molar-refractivity contribution in [3.8, 4) is 0 Å². The van der Waals surface area contributed by atoms with Gasteiger partial charge < -0.3 is 20.1 Å². The summed E-state index contributed by atoms with van der Waals surface area (Å²) in [5.74, 6) is -0.189. The van der Waals surface area contributed by atoms with E-state index in [1.165, 1.54) is 0 Å². The number of hydrogen-bond donors (Lipinski definition) is 2. The summed E-state index contributed by atoms with van der Waals surface area (Å²) in [6, 6.07) is -0.171. The number of nitrogens with one attached hydrogen (secondary N) is 2. The van der Waals surface area contributed by atoms with E-state index >= 15 is 0 Å². The molecule has 98 valence electrons. The number of carbonyl (C=O) groups excluding carboxylic acids is 1. The highest BCUT2D eigenvalue weighted by Gasteiger charge is 2.32. The average molecular weight is 242 g/mol. The van der Waals surface area contributed by atoms with E-state index in [4.69, 9.17) is 9.47 Å². The second kappa shape index (κ2) is 6.61. The van der Waals surface area contributed by atoms with Crippen molar-refractivity contribution in [2.75, 3.05) is 26.3 Å². The summed E-state index contributed by atoms with van der Waals surface area (Å²) in [5.41, 5.74) is 0.